The first-order chi connectivity index (χ1) is 14.4. The van der Waals surface area contributed by atoms with E-state index in [4.69, 9.17) is 9.72 Å². The van der Waals surface area contributed by atoms with Gasteiger partial charge in [0.2, 0.25) is 0 Å². The van der Waals surface area contributed by atoms with Crippen molar-refractivity contribution in [2.75, 3.05) is 30.4 Å². The number of hydrogen-bond donors (Lipinski definition) is 1. The third-order valence-electron chi connectivity index (χ3n) is 5.93. The van der Waals surface area contributed by atoms with Gasteiger partial charge in [-0.25, -0.2) is 22.8 Å². The van der Waals surface area contributed by atoms with Gasteiger partial charge in [-0.1, -0.05) is 0 Å². The molecule has 9 heteroatoms. The number of nitrogens with zero attached hydrogens (tertiary/aromatic N) is 3. The summed E-state index contributed by atoms with van der Waals surface area (Å²) in [4.78, 5) is 14.5. The van der Waals surface area contributed by atoms with Crippen LogP contribution in [0.1, 0.15) is 30.7 Å². The van der Waals surface area contributed by atoms with Gasteiger partial charge in [-0.15, -0.1) is 0 Å². The maximum absolute atomic E-state index is 14.3. The number of fused-ring (bicyclic) bond motifs is 1. The molecule has 30 heavy (non-hydrogen) atoms. The second-order valence-electron chi connectivity index (χ2n) is 7.98. The second kappa shape index (κ2) is 7.31. The van der Waals surface area contributed by atoms with Crippen LogP contribution in [0, 0.1) is 5.82 Å². The lowest BCUT2D eigenvalue weighted by Crippen LogP contribution is -2.44. The zero-order valence-corrected chi connectivity index (χ0v) is 17.5. The Morgan fingerprint density at radius 2 is 2.13 bits per heavy atom. The molecule has 0 spiro atoms. The largest absolute Gasteiger partial charge is 0.377 e. The number of rotatable bonds is 3. The van der Waals surface area contributed by atoms with Gasteiger partial charge in [-0.05, 0) is 38.0 Å². The van der Waals surface area contributed by atoms with E-state index in [1.165, 1.54) is 12.1 Å². The van der Waals surface area contributed by atoms with Crippen molar-refractivity contribution in [3.8, 4) is 11.4 Å². The molecule has 2 aromatic heterocycles. The molecule has 2 aliphatic heterocycles. The average Bonchev–Trinajstić information content (AvgIpc) is 3.32. The molecule has 2 fully saturated rings. The Labute approximate surface area is 174 Å². The number of nitrogens with one attached hydrogen (secondary N) is 1. The molecule has 2 saturated heterocycles. The highest BCUT2D eigenvalue weighted by atomic mass is 32.2. The summed E-state index contributed by atoms with van der Waals surface area (Å²) >= 11 is 0. The fraction of sp³-hybridized carbons (Fsp3) is 0.429. The number of H-pyrrole nitrogens is 1. The third kappa shape index (κ3) is 3.35. The number of anilines is 1. The zero-order chi connectivity index (χ0) is 20.9. The molecule has 3 aromatic rings. The molecule has 0 saturated carbocycles. The molecule has 5 rings (SSSR count). The van der Waals surface area contributed by atoms with Crippen LogP contribution in [0.25, 0.3) is 22.3 Å². The highest BCUT2D eigenvalue weighted by molar-refractivity contribution is 7.91. The predicted octanol–water partition coefficient (Wildman–Crippen LogP) is 3.24. The number of morpholine rings is 1. The Hall–Kier alpha value is -2.52. The molecule has 2 atom stereocenters. The molecule has 1 unspecified atom stereocenters. The van der Waals surface area contributed by atoms with E-state index in [0.717, 1.165) is 5.39 Å². The van der Waals surface area contributed by atoms with Crippen LogP contribution in [0.2, 0.25) is 0 Å². The highest BCUT2D eigenvalue weighted by Crippen LogP contribution is 2.37. The van der Waals surface area contributed by atoms with E-state index in [2.05, 4.69) is 14.9 Å². The fourth-order valence-electron chi connectivity index (χ4n) is 4.39. The normalized spacial score (nSPS) is 23.9. The van der Waals surface area contributed by atoms with E-state index >= 15 is 0 Å². The molecule has 1 aromatic carbocycles. The van der Waals surface area contributed by atoms with Crippen molar-refractivity contribution in [1.29, 1.82) is 0 Å². The Morgan fingerprint density at radius 3 is 2.90 bits per heavy atom. The minimum Gasteiger partial charge on any atom is -0.377 e. The Kier molecular flexibility index (Phi) is 4.74. The molecule has 1 N–H and O–H groups in total. The first-order valence-corrected chi connectivity index (χ1v) is 11.9. The smallest absolute Gasteiger partial charge is 0.162 e. The van der Waals surface area contributed by atoms with Crippen molar-refractivity contribution < 1.29 is 17.5 Å². The van der Waals surface area contributed by atoms with Crippen molar-refractivity contribution in [3.63, 3.8) is 0 Å². The topological polar surface area (TPSA) is 88.2 Å². The Morgan fingerprint density at radius 1 is 1.27 bits per heavy atom. The van der Waals surface area contributed by atoms with Crippen LogP contribution in [0.5, 0.6) is 0 Å². The summed E-state index contributed by atoms with van der Waals surface area (Å²) in [6, 6.07) is 6.56. The van der Waals surface area contributed by atoms with Gasteiger partial charge in [0.15, 0.2) is 15.7 Å². The summed E-state index contributed by atoms with van der Waals surface area (Å²) in [6.45, 7) is 3.83. The lowest BCUT2D eigenvalue weighted by Gasteiger charge is -2.34. The van der Waals surface area contributed by atoms with Crippen molar-refractivity contribution >= 4 is 26.6 Å². The molecule has 0 radical (unpaired) electrons. The second-order valence-corrected chi connectivity index (χ2v) is 10.3. The number of halogens is 1. The van der Waals surface area contributed by atoms with Gasteiger partial charge in [-0.2, -0.15) is 0 Å². The first kappa shape index (κ1) is 19.4. The van der Waals surface area contributed by atoms with Gasteiger partial charge >= 0.3 is 0 Å². The molecule has 0 aliphatic carbocycles. The van der Waals surface area contributed by atoms with Crippen LogP contribution in [0.15, 0.2) is 30.5 Å². The van der Waals surface area contributed by atoms with Gasteiger partial charge in [0.05, 0.1) is 30.7 Å². The van der Waals surface area contributed by atoms with Crippen LogP contribution in [-0.4, -0.2) is 54.9 Å². The zero-order valence-electron chi connectivity index (χ0n) is 16.6. The lowest BCUT2D eigenvalue weighted by atomic mass is 10.1. The molecule has 158 valence electrons. The summed E-state index contributed by atoms with van der Waals surface area (Å²) in [5.41, 5.74) is 1.68. The van der Waals surface area contributed by atoms with Gasteiger partial charge in [0, 0.05) is 35.3 Å². The minimum absolute atomic E-state index is 0.0920. The molecule has 0 amide bonds. The van der Waals surface area contributed by atoms with Gasteiger partial charge in [0.25, 0.3) is 0 Å². The predicted molar refractivity (Wildman–Crippen MR) is 113 cm³/mol. The fourth-order valence-corrected chi connectivity index (χ4v) is 6.26. The number of benzene rings is 1. The van der Waals surface area contributed by atoms with Crippen molar-refractivity contribution in [2.45, 2.75) is 31.1 Å². The summed E-state index contributed by atoms with van der Waals surface area (Å²) in [5, 5.41) is 0.147. The monoisotopic (exact) mass is 430 g/mol. The van der Waals surface area contributed by atoms with Gasteiger partial charge in [0.1, 0.15) is 16.9 Å². The van der Waals surface area contributed by atoms with E-state index < -0.39 is 20.9 Å². The first-order valence-electron chi connectivity index (χ1n) is 10.1. The number of sulfone groups is 1. The van der Waals surface area contributed by atoms with E-state index in [-0.39, 0.29) is 11.8 Å². The van der Waals surface area contributed by atoms with Crippen LogP contribution >= 0.6 is 0 Å². The van der Waals surface area contributed by atoms with E-state index in [1.807, 2.05) is 13.0 Å². The lowest BCUT2D eigenvalue weighted by molar-refractivity contribution is 0.0985. The third-order valence-corrected chi connectivity index (χ3v) is 8.13. The molecule has 4 heterocycles. The maximum atomic E-state index is 14.3. The molecular formula is C21H23FN4O3S. The van der Waals surface area contributed by atoms with Crippen molar-refractivity contribution in [3.05, 3.63) is 42.0 Å². The highest BCUT2D eigenvalue weighted by Gasteiger charge is 2.35. The standard InChI is InChI=1S/C21H23FN4O3S/c1-13-12-29-7-6-26(13)20-11-18(19-3-2-8-30(19,27)28)24-21(25-20)16-9-14(22)10-17-15(16)4-5-23-17/h4-5,9-11,13,19,23H,2-3,6-8,12H2,1H3/t13-,19?/m1/s1. The average molecular weight is 431 g/mol. The maximum Gasteiger partial charge on any atom is 0.162 e. The van der Waals surface area contributed by atoms with Crippen LogP contribution < -0.4 is 4.90 Å². The number of aromatic amines is 1. The van der Waals surface area contributed by atoms with E-state index in [1.54, 1.807) is 12.3 Å². The number of hydrogen-bond acceptors (Lipinski definition) is 6. The van der Waals surface area contributed by atoms with E-state index in [9.17, 15) is 12.8 Å². The summed E-state index contributed by atoms with van der Waals surface area (Å²) < 4.78 is 45.1. The summed E-state index contributed by atoms with van der Waals surface area (Å²) in [5.74, 6) is 0.763. The Bertz CT molecular complexity index is 1210. The van der Waals surface area contributed by atoms with Crippen molar-refractivity contribution in [1.82, 2.24) is 15.0 Å². The molecule has 2 aliphatic rings. The summed E-state index contributed by atoms with van der Waals surface area (Å²) in [6.07, 6.45) is 2.90. The van der Waals surface area contributed by atoms with Crippen molar-refractivity contribution in [2.24, 2.45) is 0 Å². The van der Waals surface area contributed by atoms with Gasteiger partial charge in [-0.3, -0.25) is 0 Å². The molecular weight excluding hydrogens is 407 g/mol. The number of aromatic nitrogens is 3. The Balaban J connectivity index is 1.71. The minimum atomic E-state index is -3.25. The van der Waals surface area contributed by atoms with Gasteiger partial charge < -0.3 is 14.6 Å². The van der Waals surface area contributed by atoms with Crippen LogP contribution in [-0.2, 0) is 14.6 Å². The molecule has 7 nitrogen and oxygen atoms in total. The van der Waals surface area contributed by atoms with E-state index in [0.29, 0.717) is 61.0 Å². The SMILES string of the molecule is C[C@@H]1COCCN1c1cc(C2CCCS2(=O)=O)nc(-c2cc(F)cc3[nH]ccc23)n1. The van der Waals surface area contributed by atoms with Crippen LogP contribution in [0.4, 0.5) is 10.2 Å². The van der Waals surface area contributed by atoms with Crippen LogP contribution in [0.3, 0.4) is 0 Å². The number of ether oxygens (including phenoxy) is 1. The quantitative estimate of drug-likeness (QED) is 0.686. The molecule has 0 bridgehead atoms. The summed E-state index contributed by atoms with van der Waals surface area (Å²) in [7, 11) is -3.25.